The van der Waals surface area contributed by atoms with Crippen molar-refractivity contribution in [3.05, 3.63) is 34.9 Å². The first-order valence-electron chi connectivity index (χ1n) is 6.34. The molecule has 0 aromatic heterocycles. The van der Waals surface area contributed by atoms with Gasteiger partial charge in [0.2, 0.25) is 0 Å². The third-order valence-corrected chi connectivity index (χ3v) is 3.92. The number of hydrogen-bond acceptors (Lipinski definition) is 1. The van der Waals surface area contributed by atoms with Gasteiger partial charge in [-0.25, -0.2) is 0 Å². The highest BCUT2D eigenvalue weighted by Gasteiger charge is 2.21. The molecule has 1 aromatic rings. The highest BCUT2D eigenvalue weighted by atomic mass is 35.5. The first-order chi connectivity index (χ1) is 8.29. The van der Waals surface area contributed by atoms with E-state index >= 15 is 0 Å². The van der Waals surface area contributed by atoms with Crippen LogP contribution < -0.4 is 0 Å². The number of alkyl halides is 1. The number of halogens is 2. The van der Waals surface area contributed by atoms with Crippen molar-refractivity contribution in [2.75, 3.05) is 12.4 Å². The topological polar surface area (TPSA) is 3.24 Å². The first kappa shape index (κ1) is 13.2. The van der Waals surface area contributed by atoms with Crippen LogP contribution in [-0.4, -0.2) is 23.4 Å². The number of benzene rings is 1. The molecule has 1 heterocycles. The number of nitrogens with zero attached hydrogens (tertiary/aromatic N) is 1. The Morgan fingerprint density at radius 1 is 1.29 bits per heavy atom. The third kappa shape index (κ3) is 3.87. The zero-order valence-corrected chi connectivity index (χ0v) is 11.6. The summed E-state index contributed by atoms with van der Waals surface area (Å²) in [5.41, 5.74) is 1.30. The van der Waals surface area contributed by atoms with Crippen LogP contribution in [0.2, 0.25) is 5.02 Å². The van der Waals surface area contributed by atoms with Crippen molar-refractivity contribution in [3.8, 4) is 0 Å². The molecule has 1 saturated heterocycles. The van der Waals surface area contributed by atoms with Crippen LogP contribution in [0.5, 0.6) is 0 Å². The number of likely N-dealkylation sites (tertiary alicyclic amines) is 1. The molecule has 0 N–H and O–H groups in total. The van der Waals surface area contributed by atoms with Crippen molar-refractivity contribution in [2.45, 2.75) is 38.3 Å². The van der Waals surface area contributed by atoms with Gasteiger partial charge in [0.05, 0.1) is 0 Å². The fourth-order valence-corrected chi connectivity index (χ4v) is 3.06. The molecule has 1 nitrogen and oxygen atoms in total. The zero-order chi connectivity index (χ0) is 12.1. The Morgan fingerprint density at radius 3 is 2.94 bits per heavy atom. The predicted octanol–water partition coefficient (Wildman–Crippen LogP) is 4.32. The molecule has 0 bridgehead atoms. The minimum atomic E-state index is 0.653. The van der Waals surface area contributed by atoms with Crippen LogP contribution in [0, 0.1) is 0 Å². The van der Waals surface area contributed by atoms with E-state index < -0.39 is 0 Å². The molecule has 1 aliphatic rings. The Hall–Kier alpha value is -0.240. The number of rotatable bonds is 4. The predicted molar refractivity (Wildman–Crippen MR) is 74.8 cm³/mol. The van der Waals surface area contributed by atoms with E-state index in [-0.39, 0.29) is 0 Å². The fourth-order valence-electron chi connectivity index (χ4n) is 2.59. The van der Waals surface area contributed by atoms with Gasteiger partial charge in [-0.1, -0.05) is 30.2 Å². The fraction of sp³-hybridized carbons (Fsp3) is 0.571. The van der Waals surface area contributed by atoms with Crippen LogP contribution in [-0.2, 0) is 6.54 Å². The quantitative estimate of drug-likeness (QED) is 0.738. The van der Waals surface area contributed by atoms with Crippen molar-refractivity contribution in [3.63, 3.8) is 0 Å². The molecular formula is C14H19Cl2N. The summed E-state index contributed by atoms with van der Waals surface area (Å²) in [6.07, 6.45) is 5.03. The standard InChI is InChI=1S/C14H19Cl2N/c15-8-7-14-6-1-2-9-17(14)11-12-4-3-5-13(16)10-12/h3-5,10,14H,1-2,6-9,11H2. The van der Waals surface area contributed by atoms with E-state index in [0.29, 0.717) is 6.04 Å². The summed E-state index contributed by atoms with van der Waals surface area (Å²) < 4.78 is 0. The number of hydrogen-bond donors (Lipinski definition) is 0. The molecule has 0 aliphatic carbocycles. The lowest BCUT2D eigenvalue weighted by Crippen LogP contribution is -2.39. The molecule has 1 atom stereocenters. The first-order valence-corrected chi connectivity index (χ1v) is 7.25. The van der Waals surface area contributed by atoms with E-state index in [9.17, 15) is 0 Å². The molecule has 1 fully saturated rings. The monoisotopic (exact) mass is 271 g/mol. The van der Waals surface area contributed by atoms with Gasteiger partial charge in [0.25, 0.3) is 0 Å². The molecular weight excluding hydrogens is 253 g/mol. The van der Waals surface area contributed by atoms with Gasteiger partial charge in [0.15, 0.2) is 0 Å². The lowest BCUT2D eigenvalue weighted by atomic mass is 9.99. The molecule has 2 rings (SSSR count). The molecule has 1 unspecified atom stereocenters. The average Bonchev–Trinajstić information content (AvgIpc) is 2.32. The normalized spacial score (nSPS) is 21.6. The van der Waals surface area contributed by atoms with Crippen LogP contribution in [0.25, 0.3) is 0 Å². The Labute approximate surface area is 114 Å². The second-order valence-electron chi connectivity index (χ2n) is 4.73. The van der Waals surface area contributed by atoms with Crippen LogP contribution in [0.15, 0.2) is 24.3 Å². The highest BCUT2D eigenvalue weighted by molar-refractivity contribution is 6.30. The van der Waals surface area contributed by atoms with Gasteiger partial charge in [-0.15, -0.1) is 11.6 Å². The van der Waals surface area contributed by atoms with E-state index in [1.165, 1.54) is 31.4 Å². The van der Waals surface area contributed by atoms with Gasteiger partial charge < -0.3 is 0 Å². The summed E-state index contributed by atoms with van der Waals surface area (Å²) in [4.78, 5) is 2.55. The lowest BCUT2D eigenvalue weighted by molar-refractivity contribution is 0.137. The van der Waals surface area contributed by atoms with Crippen LogP contribution in [0.4, 0.5) is 0 Å². The van der Waals surface area contributed by atoms with Gasteiger partial charge in [0, 0.05) is 23.5 Å². The summed E-state index contributed by atoms with van der Waals surface area (Å²) in [5.74, 6) is 0.761. The molecule has 1 aromatic carbocycles. The Balaban J connectivity index is 2.00. The van der Waals surface area contributed by atoms with Crippen molar-refractivity contribution in [1.82, 2.24) is 4.90 Å². The van der Waals surface area contributed by atoms with Crippen molar-refractivity contribution < 1.29 is 0 Å². The van der Waals surface area contributed by atoms with E-state index in [1.807, 2.05) is 12.1 Å². The van der Waals surface area contributed by atoms with Crippen molar-refractivity contribution >= 4 is 23.2 Å². The summed E-state index contributed by atoms with van der Waals surface area (Å²) in [7, 11) is 0. The average molecular weight is 272 g/mol. The molecule has 1 aliphatic heterocycles. The summed E-state index contributed by atoms with van der Waals surface area (Å²) in [6.45, 7) is 2.19. The maximum atomic E-state index is 6.02. The van der Waals surface area contributed by atoms with Gasteiger partial charge >= 0.3 is 0 Å². The van der Waals surface area contributed by atoms with Gasteiger partial charge in [-0.3, -0.25) is 4.90 Å². The second kappa shape index (κ2) is 6.63. The summed E-state index contributed by atoms with van der Waals surface area (Å²) >= 11 is 11.9. The molecule has 0 radical (unpaired) electrons. The Morgan fingerprint density at radius 2 is 2.18 bits per heavy atom. The van der Waals surface area contributed by atoms with Crippen LogP contribution in [0.1, 0.15) is 31.2 Å². The third-order valence-electron chi connectivity index (χ3n) is 3.47. The Kier molecular flexibility index (Phi) is 5.15. The Bertz CT molecular complexity index is 352. The largest absolute Gasteiger partial charge is 0.296 e. The molecule has 0 amide bonds. The molecule has 3 heteroatoms. The zero-order valence-electron chi connectivity index (χ0n) is 10.0. The van der Waals surface area contributed by atoms with E-state index in [2.05, 4.69) is 17.0 Å². The SMILES string of the molecule is ClCCC1CCCCN1Cc1cccc(Cl)c1. The maximum Gasteiger partial charge on any atom is 0.0409 e. The highest BCUT2D eigenvalue weighted by Crippen LogP contribution is 2.23. The van der Waals surface area contributed by atoms with Crippen molar-refractivity contribution in [1.29, 1.82) is 0 Å². The number of piperidine rings is 1. The van der Waals surface area contributed by atoms with E-state index in [4.69, 9.17) is 23.2 Å². The van der Waals surface area contributed by atoms with Crippen LogP contribution in [0.3, 0.4) is 0 Å². The van der Waals surface area contributed by atoms with Gasteiger partial charge in [0.1, 0.15) is 0 Å². The van der Waals surface area contributed by atoms with Crippen molar-refractivity contribution in [2.24, 2.45) is 0 Å². The van der Waals surface area contributed by atoms with Gasteiger partial charge in [-0.2, -0.15) is 0 Å². The summed E-state index contributed by atoms with van der Waals surface area (Å²) in [6, 6.07) is 8.82. The summed E-state index contributed by atoms with van der Waals surface area (Å²) in [5, 5.41) is 0.827. The van der Waals surface area contributed by atoms with E-state index in [1.54, 1.807) is 0 Å². The smallest absolute Gasteiger partial charge is 0.0409 e. The second-order valence-corrected chi connectivity index (χ2v) is 5.54. The minimum Gasteiger partial charge on any atom is -0.296 e. The maximum absolute atomic E-state index is 6.02. The molecule has 17 heavy (non-hydrogen) atoms. The van der Waals surface area contributed by atoms with E-state index in [0.717, 1.165) is 23.9 Å². The minimum absolute atomic E-state index is 0.653. The molecule has 0 saturated carbocycles. The molecule has 94 valence electrons. The van der Waals surface area contributed by atoms with Crippen LogP contribution >= 0.6 is 23.2 Å². The van der Waals surface area contributed by atoms with Gasteiger partial charge in [-0.05, 0) is 43.5 Å². The molecule has 0 spiro atoms. The lowest BCUT2D eigenvalue weighted by Gasteiger charge is -2.35.